The van der Waals surface area contributed by atoms with E-state index in [1.165, 1.54) is 41.5 Å². The van der Waals surface area contributed by atoms with Crippen molar-refractivity contribution in [2.24, 2.45) is 11.8 Å². The molecule has 1 N–H and O–H groups in total. The number of hydrogen-bond acceptors (Lipinski definition) is 2. The number of rotatable bonds is 5. The average Bonchev–Trinajstić information content (AvgIpc) is 2.82. The highest BCUT2D eigenvalue weighted by atomic mass is 79.9. The third-order valence-corrected chi connectivity index (χ3v) is 5.97. The molecule has 1 aromatic heterocycles. The lowest BCUT2D eigenvalue weighted by molar-refractivity contribution is 0.212. The molecule has 0 saturated heterocycles. The van der Waals surface area contributed by atoms with Crippen LogP contribution in [0.3, 0.4) is 0 Å². The van der Waals surface area contributed by atoms with Crippen LogP contribution >= 0.6 is 27.3 Å². The molecule has 1 aliphatic rings. The van der Waals surface area contributed by atoms with E-state index in [-0.39, 0.29) is 0 Å². The Hall–Kier alpha value is 0.140. The Morgan fingerprint density at radius 3 is 2.89 bits per heavy atom. The van der Waals surface area contributed by atoms with Crippen molar-refractivity contribution in [2.45, 2.75) is 52.0 Å². The molecule has 1 heterocycles. The van der Waals surface area contributed by atoms with Crippen LogP contribution in [-0.2, 0) is 0 Å². The third-order valence-electron chi connectivity index (χ3n) is 4.19. The van der Waals surface area contributed by atoms with Gasteiger partial charge in [0.2, 0.25) is 0 Å². The minimum Gasteiger partial charge on any atom is -0.309 e. The van der Waals surface area contributed by atoms with E-state index in [0.717, 1.165) is 18.4 Å². The van der Waals surface area contributed by atoms with Crippen LogP contribution in [0.5, 0.6) is 0 Å². The SMILES string of the molecule is CCNC(c1cc(Br)cs1)C1CCCC(CC)C1. The summed E-state index contributed by atoms with van der Waals surface area (Å²) < 4.78 is 1.23. The van der Waals surface area contributed by atoms with Crippen LogP contribution in [0.2, 0.25) is 0 Å². The number of nitrogens with one attached hydrogen (secondary N) is 1. The quantitative estimate of drug-likeness (QED) is 0.764. The molecule has 2 rings (SSSR count). The fourth-order valence-corrected chi connectivity index (χ4v) is 4.83. The largest absolute Gasteiger partial charge is 0.309 e. The van der Waals surface area contributed by atoms with E-state index in [4.69, 9.17) is 0 Å². The summed E-state index contributed by atoms with van der Waals surface area (Å²) in [5.74, 6) is 1.78. The lowest BCUT2D eigenvalue weighted by Crippen LogP contribution is -2.31. The topological polar surface area (TPSA) is 12.0 Å². The van der Waals surface area contributed by atoms with Gasteiger partial charge in [-0.25, -0.2) is 0 Å². The molecule has 3 atom stereocenters. The van der Waals surface area contributed by atoms with E-state index in [9.17, 15) is 0 Å². The molecule has 1 aromatic rings. The highest BCUT2D eigenvalue weighted by Crippen LogP contribution is 2.40. The van der Waals surface area contributed by atoms with E-state index < -0.39 is 0 Å². The van der Waals surface area contributed by atoms with Crippen molar-refractivity contribution in [1.29, 1.82) is 0 Å². The molecule has 0 aliphatic heterocycles. The predicted molar refractivity (Wildman–Crippen MR) is 84.2 cm³/mol. The van der Waals surface area contributed by atoms with Gasteiger partial charge in [0, 0.05) is 20.8 Å². The Morgan fingerprint density at radius 1 is 1.44 bits per heavy atom. The van der Waals surface area contributed by atoms with E-state index in [0.29, 0.717) is 6.04 Å². The highest BCUT2D eigenvalue weighted by Gasteiger charge is 2.29. The third kappa shape index (κ3) is 3.58. The van der Waals surface area contributed by atoms with Crippen LogP contribution in [0.15, 0.2) is 15.9 Å². The van der Waals surface area contributed by atoms with Gasteiger partial charge >= 0.3 is 0 Å². The summed E-state index contributed by atoms with van der Waals surface area (Å²) in [4.78, 5) is 1.51. The van der Waals surface area contributed by atoms with Crippen molar-refractivity contribution >= 4 is 27.3 Å². The second-order valence-corrected chi connectivity index (χ2v) is 7.26. The normalized spacial score (nSPS) is 26.2. The minimum atomic E-state index is 0.570. The molecule has 18 heavy (non-hydrogen) atoms. The second-order valence-electron chi connectivity index (χ2n) is 5.40. The molecule has 0 amide bonds. The van der Waals surface area contributed by atoms with Gasteiger partial charge in [0.25, 0.3) is 0 Å². The minimum absolute atomic E-state index is 0.570. The first-order valence-electron chi connectivity index (χ1n) is 7.21. The molecule has 102 valence electrons. The zero-order valence-corrected chi connectivity index (χ0v) is 13.8. The summed E-state index contributed by atoms with van der Waals surface area (Å²) in [7, 11) is 0. The van der Waals surface area contributed by atoms with Crippen LogP contribution in [0.1, 0.15) is 56.9 Å². The Kier molecular flexibility index (Phi) is 5.71. The average molecular weight is 330 g/mol. The molecule has 0 spiro atoms. The second kappa shape index (κ2) is 7.06. The van der Waals surface area contributed by atoms with E-state index in [1.54, 1.807) is 0 Å². The fourth-order valence-electron chi connectivity index (χ4n) is 3.22. The molecule has 1 saturated carbocycles. The Balaban J connectivity index is 2.09. The van der Waals surface area contributed by atoms with E-state index in [2.05, 4.69) is 46.5 Å². The monoisotopic (exact) mass is 329 g/mol. The summed E-state index contributed by atoms with van der Waals surface area (Å²) in [5, 5.41) is 5.92. The van der Waals surface area contributed by atoms with Gasteiger partial charge < -0.3 is 5.32 Å². The first-order chi connectivity index (χ1) is 8.74. The van der Waals surface area contributed by atoms with Gasteiger partial charge in [-0.2, -0.15) is 0 Å². The molecule has 0 bridgehead atoms. The van der Waals surface area contributed by atoms with Gasteiger partial charge in [-0.3, -0.25) is 0 Å². The zero-order valence-electron chi connectivity index (χ0n) is 11.4. The maximum Gasteiger partial charge on any atom is 0.0443 e. The molecule has 1 fully saturated rings. The predicted octanol–water partition coefficient (Wildman–Crippen LogP) is 5.38. The maximum absolute atomic E-state index is 3.72. The van der Waals surface area contributed by atoms with Gasteiger partial charge in [-0.15, -0.1) is 11.3 Å². The fraction of sp³-hybridized carbons (Fsp3) is 0.733. The summed E-state index contributed by atoms with van der Waals surface area (Å²) in [6, 6.07) is 2.87. The Morgan fingerprint density at radius 2 is 2.28 bits per heavy atom. The first-order valence-corrected chi connectivity index (χ1v) is 8.89. The lowest BCUT2D eigenvalue weighted by Gasteiger charge is -2.34. The first kappa shape index (κ1) is 14.5. The molecule has 1 aliphatic carbocycles. The van der Waals surface area contributed by atoms with Crippen molar-refractivity contribution in [3.05, 3.63) is 20.8 Å². The van der Waals surface area contributed by atoms with Crippen molar-refractivity contribution in [3.63, 3.8) is 0 Å². The summed E-state index contributed by atoms with van der Waals surface area (Å²) in [6.07, 6.45) is 7.01. The molecule has 1 nitrogen and oxygen atoms in total. The number of thiophene rings is 1. The van der Waals surface area contributed by atoms with Crippen LogP contribution < -0.4 is 5.32 Å². The standard InChI is InChI=1S/C15H24BrNS/c1-3-11-6-5-7-12(8-11)15(17-4-2)14-9-13(16)10-18-14/h9-12,15,17H,3-8H2,1-2H3. The zero-order chi connectivity index (χ0) is 13.0. The molecule has 0 radical (unpaired) electrons. The van der Waals surface area contributed by atoms with Gasteiger partial charge in [-0.1, -0.05) is 33.1 Å². The van der Waals surface area contributed by atoms with E-state index >= 15 is 0 Å². The van der Waals surface area contributed by atoms with Crippen LogP contribution in [0.4, 0.5) is 0 Å². The maximum atomic E-state index is 3.72. The van der Waals surface area contributed by atoms with Crippen molar-refractivity contribution in [3.8, 4) is 0 Å². The smallest absolute Gasteiger partial charge is 0.0443 e. The van der Waals surface area contributed by atoms with Gasteiger partial charge in [0.1, 0.15) is 0 Å². The lowest BCUT2D eigenvalue weighted by atomic mass is 9.76. The Bertz CT molecular complexity index is 363. The van der Waals surface area contributed by atoms with Crippen LogP contribution in [0, 0.1) is 11.8 Å². The molecule has 3 heteroatoms. The number of halogens is 1. The highest BCUT2D eigenvalue weighted by molar-refractivity contribution is 9.10. The van der Waals surface area contributed by atoms with Crippen LogP contribution in [0.25, 0.3) is 0 Å². The van der Waals surface area contributed by atoms with Crippen molar-refractivity contribution in [1.82, 2.24) is 5.32 Å². The summed E-state index contributed by atoms with van der Waals surface area (Å²) in [5.41, 5.74) is 0. The summed E-state index contributed by atoms with van der Waals surface area (Å²) >= 11 is 5.47. The molecule has 0 aromatic carbocycles. The summed E-state index contributed by atoms with van der Waals surface area (Å²) in [6.45, 7) is 5.63. The van der Waals surface area contributed by atoms with Gasteiger partial charge in [0.05, 0.1) is 0 Å². The Labute approximate surface area is 123 Å². The van der Waals surface area contributed by atoms with Gasteiger partial charge in [0.15, 0.2) is 0 Å². The molecular formula is C15H24BrNS. The van der Waals surface area contributed by atoms with Crippen molar-refractivity contribution < 1.29 is 0 Å². The van der Waals surface area contributed by atoms with E-state index in [1.807, 2.05) is 11.3 Å². The molecular weight excluding hydrogens is 306 g/mol. The molecule has 3 unspecified atom stereocenters. The van der Waals surface area contributed by atoms with Gasteiger partial charge in [-0.05, 0) is 53.2 Å². The van der Waals surface area contributed by atoms with Crippen LogP contribution in [-0.4, -0.2) is 6.54 Å². The van der Waals surface area contributed by atoms with Crippen molar-refractivity contribution in [2.75, 3.05) is 6.54 Å². The number of hydrogen-bond donors (Lipinski definition) is 1.